The number of rotatable bonds is 3. The summed E-state index contributed by atoms with van der Waals surface area (Å²) in [7, 11) is 1.89. The van der Waals surface area contributed by atoms with Gasteiger partial charge < -0.3 is 15.2 Å². The van der Waals surface area contributed by atoms with Gasteiger partial charge in [0, 0.05) is 36.1 Å². The number of carbonyl (C=O) groups is 1. The van der Waals surface area contributed by atoms with E-state index in [1.807, 2.05) is 36.2 Å². The van der Waals surface area contributed by atoms with Crippen LogP contribution in [0.3, 0.4) is 0 Å². The molecule has 1 aromatic heterocycles. The van der Waals surface area contributed by atoms with E-state index in [1.54, 1.807) is 0 Å². The van der Waals surface area contributed by atoms with E-state index in [0.717, 1.165) is 31.3 Å². The van der Waals surface area contributed by atoms with Gasteiger partial charge in [0.15, 0.2) is 0 Å². The Hall–Kier alpha value is -2.14. The van der Waals surface area contributed by atoms with Gasteiger partial charge in [-0.15, -0.1) is 0 Å². The standard InChI is InChI=1S/C16H19N3O2/c1-17-10-11-5-4-8-19(11)16(21)13-9-15(20)18-14-7-3-2-6-12(13)14/h2-3,6-7,9,11,17H,4-5,8,10H2,1H3,(H,18,20). The lowest BCUT2D eigenvalue weighted by atomic mass is 10.1. The normalized spacial score (nSPS) is 18.3. The summed E-state index contributed by atoms with van der Waals surface area (Å²) < 4.78 is 0. The van der Waals surface area contributed by atoms with Crippen LogP contribution in [-0.2, 0) is 0 Å². The molecule has 0 radical (unpaired) electrons. The second kappa shape index (κ2) is 5.69. The first-order valence-corrected chi connectivity index (χ1v) is 7.28. The second-order valence-electron chi connectivity index (χ2n) is 5.45. The number of nitrogens with one attached hydrogen (secondary N) is 2. The summed E-state index contributed by atoms with van der Waals surface area (Å²) >= 11 is 0. The molecular formula is C16H19N3O2. The number of amides is 1. The molecule has 1 amide bonds. The Bertz CT molecular complexity index is 723. The summed E-state index contributed by atoms with van der Waals surface area (Å²) in [5.74, 6) is -0.0462. The highest BCUT2D eigenvalue weighted by Crippen LogP contribution is 2.22. The van der Waals surface area contributed by atoms with Crippen LogP contribution in [0.5, 0.6) is 0 Å². The molecule has 1 unspecified atom stereocenters. The second-order valence-corrected chi connectivity index (χ2v) is 5.45. The Balaban J connectivity index is 2.03. The molecule has 2 heterocycles. The molecule has 1 aliphatic rings. The van der Waals surface area contributed by atoms with Crippen molar-refractivity contribution >= 4 is 16.8 Å². The molecule has 21 heavy (non-hydrogen) atoms. The number of hydrogen-bond donors (Lipinski definition) is 2. The van der Waals surface area contributed by atoms with Gasteiger partial charge >= 0.3 is 0 Å². The third-order valence-corrected chi connectivity index (χ3v) is 4.06. The Labute approximate surface area is 123 Å². The van der Waals surface area contributed by atoms with E-state index in [9.17, 15) is 9.59 Å². The average Bonchev–Trinajstić information content (AvgIpc) is 2.94. The van der Waals surface area contributed by atoms with Crippen LogP contribution in [0, 0.1) is 0 Å². The zero-order valence-electron chi connectivity index (χ0n) is 12.1. The average molecular weight is 285 g/mol. The maximum Gasteiger partial charge on any atom is 0.255 e. The number of carbonyl (C=O) groups excluding carboxylic acids is 1. The lowest BCUT2D eigenvalue weighted by Gasteiger charge is -2.25. The number of likely N-dealkylation sites (N-methyl/N-ethyl adjacent to an activating group) is 1. The minimum absolute atomic E-state index is 0.0462. The van der Waals surface area contributed by atoms with Crippen LogP contribution in [-0.4, -0.2) is 42.0 Å². The number of nitrogens with zero attached hydrogens (tertiary/aromatic N) is 1. The van der Waals surface area contributed by atoms with E-state index in [0.29, 0.717) is 11.1 Å². The molecule has 2 aromatic rings. The number of hydrogen-bond acceptors (Lipinski definition) is 3. The quantitative estimate of drug-likeness (QED) is 0.894. The molecule has 3 rings (SSSR count). The van der Waals surface area contributed by atoms with Crippen LogP contribution in [0.4, 0.5) is 0 Å². The highest BCUT2D eigenvalue weighted by molar-refractivity contribution is 6.06. The summed E-state index contributed by atoms with van der Waals surface area (Å²) in [6.07, 6.45) is 2.02. The van der Waals surface area contributed by atoms with Crippen molar-refractivity contribution in [1.82, 2.24) is 15.2 Å². The van der Waals surface area contributed by atoms with Gasteiger partial charge in [-0.1, -0.05) is 18.2 Å². The monoisotopic (exact) mass is 285 g/mol. The van der Waals surface area contributed by atoms with Crippen molar-refractivity contribution < 1.29 is 4.79 Å². The maximum absolute atomic E-state index is 12.8. The Morgan fingerprint density at radius 2 is 2.24 bits per heavy atom. The van der Waals surface area contributed by atoms with Gasteiger partial charge in [-0.25, -0.2) is 0 Å². The van der Waals surface area contributed by atoms with Crippen molar-refractivity contribution in [3.05, 3.63) is 46.2 Å². The lowest BCUT2D eigenvalue weighted by molar-refractivity contribution is 0.0739. The Morgan fingerprint density at radius 3 is 3.05 bits per heavy atom. The number of fused-ring (bicyclic) bond motifs is 1. The first-order chi connectivity index (χ1) is 10.2. The van der Waals surface area contributed by atoms with E-state index in [-0.39, 0.29) is 17.5 Å². The summed E-state index contributed by atoms with van der Waals surface area (Å²) in [5, 5.41) is 3.94. The van der Waals surface area contributed by atoms with Crippen molar-refractivity contribution in [2.45, 2.75) is 18.9 Å². The summed E-state index contributed by atoms with van der Waals surface area (Å²) in [5.41, 5.74) is 0.969. The molecule has 1 saturated heterocycles. The molecule has 0 spiro atoms. The molecule has 110 valence electrons. The fraction of sp³-hybridized carbons (Fsp3) is 0.375. The molecule has 1 aliphatic heterocycles. The minimum Gasteiger partial charge on any atom is -0.334 e. The molecule has 1 atom stereocenters. The number of pyridine rings is 1. The molecular weight excluding hydrogens is 266 g/mol. The summed E-state index contributed by atoms with van der Waals surface area (Å²) in [6.45, 7) is 1.54. The number of H-pyrrole nitrogens is 1. The molecule has 5 heteroatoms. The predicted molar refractivity (Wildman–Crippen MR) is 82.6 cm³/mol. The third-order valence-electron chi connectivity index (χ3n) is 4.06. The topological polar surface area (TPSA) is 65.2 Å². The number of aromatic amines is 1. The van der Waals surface area contributed by atoms with Crippen LogP contribution in [0.25, 0.3) is 10.9 Å². The molecule has 1 aromatic carbocycles. The first kappa shape index (κ1) is 13.8. The number of likely N-dealkylation sites (tertiary alicyclic amines) is 1. The minimum atomic E-state index is -0.235. The largest absolute Gasteiger partial charge is 0.334 e. The van der Waals surface area contributed by atoms with Gasteiger partial charge in [-0.2, -0.15) is 0 Å². The van der Waals surface area contributed by atoms with E-state index in [1.165, 1.54) is 6.07 Å². The number of para-hydroxylation sites is 1. The smallest absolute Gasteiger partial charge is 0.255 e. The van der Waals surface area contributed by atoms with E-state index < -0.39 is 0 Å². The van der Waals surface area contributed by atoms with Crippen molar-refractivity contribution in [2.75, 3.05) is 20.1 Å². The molecule has 0 aliphatic carbocycles. The molecule has 0 saturated carbocycles. The van der Waals surface area contributed by atoms with Crippen LogP contribution in [0.15, 0.2) is 35.1 Å². The van der Waals surface area contributed by atoms with Gasteiger partial charge in [0.2, 0.25) is 5.56 Å². The predicted octanol–water partition coefficient (Wildman–Crippen LogP) is 1.35. The Kier molecular flexibility index (Phi) is 3.75. The fourth-order valence-corrected chi connectivity index (χ4v) is 3.09. The number of aromatic nitrogens is 1. The van der Waals surface area contributed by atoms with Crippen molar-refractivity contribution in [1.29, 1.82) is 0 Å². The third kappa shape index (κ3) is 2.56. The van der Waals surface area contributed by atoms with Gasteiger partial charge in [0.25, 0.3) is 5.91 Å². The van der Waals surface area contributed by atoms with Gasteiger partial charge in [-0.05, 0) is 26.0 Å². The lowest BCUT2D eigenvalue weighted by Crippen LogP contribution is -2.41. The van der Waals surface area contributed by atoms with Crippen molar-refractivity contribution in [3.8, 4) is 0 Å². The van der Waals surface area contributed by atoms with Gasteiger partial charge in [0.1, 0.15) is 0 Å². The van der Waals surface area contributed by atoms with Crippen LogP contribution >= 0.6 is 0 Å². The SMILES string of the molecule is CNCC1CCCN1C(=O)c1cc(=O)[nH]c2ccccc12. The maximum atomic E-state index is 12.8. The van der Waals surface area contributed by atoms with Crippen molar-refractivity contribution in [3.63, 3.8) is 0 Å². The zero-order chi connectivity index (χ0) is 14.8. The van der Waals surface area contributed by atoms with Crippen LogP contribution in [0.2, 0.25) is 0 Å². The van der Waals surface area contributed by atoms with E-state index >= 15 is 0 Å². The fourth-order valence-electron chi connectivity index (χ4n) is 3.09. The number of benzene rings is 1. The molecule has 0 bridgehead atoms. The van der Waals surface area contributed by atoms with Crippen LogP contribution in [0.1, 0.15) is 23.2 Å². The van der Waals surface area contributed by atoms with E-state index in [4.69, 9.17) is 0 Å². The molecule has 2 N–H and O–H groups in total. The summed E-state index contributed by atoms with van der Waals surface area (Å²) in [4.78, 5) is 29.3. The summed E-state index contributed by atoms with van der Waals surface area (Å²) in [6, 6.07) is 9.06. The first-order valence-electron chi connectivity index (χ1n) is 7.28. The van der Waals surface area contributed by atoms with Gasteiger partial charge in [-0.3, -0.25) is 9.59 Å². The van der Waals surface area contributed by atoms with E-state index in [2.05, 4.69) is 10.3 Å². The molecule has 5 nitrogen and oxygen atoms in total. The zero-order valence-corrected chi connectivity index (χ0v) is 12.1. The highest BCUT2D eigenvalue weighted by Gasteiger charge is 2.29. The highest BCUT2D eigenvalue weighted by atomic mass is 16.2. The van der Waals surface area contributed by atoms with Crippen LogP contribution < -0.4 is 10.9 Å². The molecule has 1 fully saturated rings. The van der Waals surface area contributed by atoms with Crippen molar-refractivity contribution in [2.24, 2.45) is 0 Å². The van der Waals surface area contributed by atoms with Gasteiger partial charge in [0.05, 0.1) is 5.56 Å². The Morgan fingerprint density at radius 1 is 1.43 bits per heavy atom.